The number of para-hydroxylation sites is 4. The van der Waals surface area contributed by atoms with Crippen LogP contribution in [-0.2, 0) is 24.1 Å². The van der Waals surface area contributed by atoms with Crippen molar-refractivity contribution in [3.05, 3.63) is 90.0 Å². The molecular weight excluding hydrogens is 386 g/mol. The Morgan fingerprint density at radius 3 is 2.06 bits per heavy atom. The summed E-state index contributed by atoms with van der Waals surface area (Å²) in [4.78, 5) is 28.2. The van der Waals surface area contributed by atoms with Gasteiger partial charge >= 0.3 is 0 Å². The molecule has 2 aromatic heterocycles. The summed E-state index contributed by atoms with van der Waals surface area (Å²) in [6, 6.07) is 23.9. The van der Waals surface area contributed by atoms with Crippen molar-refractivity contribution in [1.29, 1.82) is 0 Å². The molecule has 6 nitrogen and oxygen atoms in total. The lowest BCUT2D eigenvalue weighted by Gasteiger charge is -2.07. The Kier molecular flexibility index (Phi) is 5.19. The third kappa shape index (κ3) is 4.48. The summed E-state index contributed by atoms with van der Waals surface area (Å²) < 4.78 is 0. The molecule has 0 fully saturated rings. The molecule has 0 bridgehead atoms. The largest absolute Gasteiger partial charge is 0.342 e. The zero-order valence-electron chi connectivity index (χ0n) is 17.1. The highest BCUT2D eigenvalue weighted by Crippen LogP contribution is 2.16. The predicted molar refractivity (Wildman–Crippen MR) is 123 cm³/mol. The van der Waals surface area contributed by atoms with Crippen LogP contribution < -0.4 is 5.32 Å². The Labute approximate surface area is 179 Å². The molecule has 6 heteroatoms. The van der Waals surface area contributed by atoms with Gasteiger partial charge < -0.3 is 15.3 Å². The van der Waals surface area contributed by atoms with Gasteiger partial charge in [-0.25, -0.2) is 9.97 Å². The van der Waals surface area contributed by atoms with E-state index in [2.05, 4.69) is 31.3 Å². The van der Waals surface area contributed by atoms with Crippen molar-refractivity contribution in [3.8, 4) is 0 Å². The highest BCUT2D eigenvalue weighted by molar-refractivity contribution is 5.91. The van der Waals surface area contributed by atoms with Crippen LogP contribution in [0, 0.1) is 0 Å². The van der Waals surface area contributed by atoms with Crippen LogP contribution in [-0.4, -0.2) is 25.8 Å². The number of amides is 1. The maximum Gasteiger partial charge on any atom is 0.224 e. The molecular formula is C25H23N5O. The quantitative estimate of drug-likeness (QED) is 0.361. The van der Waals surface area contributed by atoms with Gasteiger partial charge in [-0.3, -0.25) is 4.79 Å². The summed E-state index contributed by atoms with van der Waals surface area (Å²) in [5, 5.41) is 3.00. The molecule has 31 heavy (non-hydrogen) atoms. The number of carbonyl (C=O) groups excluding carboxylic acids is 1. The molecule has 5 rings (SSSR count). The predicted octanol–water partition coefficient (Wildman–Crippen LogP) is 4.80. The standard InChI is InChI=1S/C25H23N5O/c31-25(15-14-24-29-21-10-3-4-11-22(21)30-24)26-18-7-5-6-17(16-18)12-13-23-27-19-8-1-2-9-20(19)28-23/h1-11,16H,12-15H2,(H,26,31)(H,27,28)(H,29,30). The van der Waals surface area contributed by atoms with Crippen LogP contribution in [0.2, 0.25) is 0 Å². The van der Waals surface area contributed by atoms with Crippen LogP contribution in [0.3, 0.4) is 0 Å². The number of nitrogens with one attached hydrogen (secondary N) is 3. The Morgan fingerprint density at radius 2 is 1.39 bits per heavy atom. The van der Waals surface area contributed by atoms with E-state index in [1.165, 1.54) is 0 Å². The van der Waals surface area contributed by atoms with Gasteiger partial charge in [0.1, 0.15) is 11.6 Å². The molecule has 1 amide bonds. The molecule has 3 aromatic carbocycles. The fourth-order valence-corrected chi connectivity index (χ4v) is 3.77. The highest BCUT2D eigenvalue weighted by Gasteiger charge is 2.08. The number of hydrogen-bond acceptors (Lipinski definition) is 3. The van der Waals surface area contributed by atoms with Crippen molar-refractivity contribution in [1.82, 2.24) is 19.9 Å². The summed E-state index contributed by atoms with van der Waals surface area (Å²) in [5.41, 5.74) is 5.95. The van der Waals surface area contributed by atoms with E-state index in [9.17, 15) is 4.79 Å². The lowest BCUT2D eigenvalue weighted by molar-refractivity contribution is -0.116. The first-order valence-electron chi connectivity index (χ1n) is 10.5. The van der Waals surface area contributed by atoms with Crippen LogP contribution in [0.4, 0.5) is 5.69 Å². The van der Waals surface area contributed by atoms with E-state index in [0.29, 0.717) is 12.8 Å². The monoisotopic (exact) mass is 409 g/mol. The summed E-state index contributed by atoms with van der Waals surface area (Å²) in [6.07, 6.45) is 2.62. The number of aromatic nitrogens is 4. The molecule has 5 aromatic rings. The summed E-state index contributed by atoms with van der Waals surface area (Å²) in [6.45, 7) is 0. The second kappa shape index (κ2) is 8.44. The van der Waals surface area contributed by atoms with Crippen molar-refractivity contribution in [2.24, 2.45) is 0 Å². The van der Waals surface area contributed by atoms with Gasteiger partial charge in [0, 0.05) is 24.9 Å². The molecule has 0 aliphatic heterocycles. The zero-order valence-corrected chi connectivity index (χ0v) is 17.1. The molecule has 0 radical (unpaired) electrons. The van der Waals surface area contributed by atoms with Crippen molar-refractivity contribution < 1.29 is 4.79 Å². The average Bonchev–Trinajstić information content (AvgIpc) is 3.40. The number of hydrogen-bond donors (Lipinski definition) is 3. The van der Waals surface area contributed by atoms with Crippen LogP contribution in [0.5, 0.6) is 0 Å². The second-order valence-electron chi connectivity index (χ2n) is 7.65. The van der Waals surface area contributed by atoms with E-state index < -0.39 is 0 Å². The van der Waals surface area contributed by atoms with Crippen LogP contribution >= 0.6 is 0 Å². The van der Waals surface area contributed by atoms with Crippen LogP contribution in [0.25, 0.3) is 22.1 Å². The van der Waals surface area contributed by atoms with Crippen LogP contribution in [0.15, 0.2) is 72.8 Å². The van der Waals surface area contributed by atoms with E-state index in [1.54, 1.807) is 0 Å². The smallest absolute Gasteiger partial charge is 0.224 e. The molecule has 3 N–H and O–H groups in total. The number of aryl methyl sites for hydroxylation is 3. The molecule has 0 unspecified atom stereocenters. The van der Waals surface area contributed by atoms with E-state index in [-0.39, 0.29) is 5.91 Å². The van der Waals surface area contributed by atoms with Crippen molar-refractivity contribution in [2.45, 2.75) is 25.7 Å². The van der Waals surface area contributed by atoms with Crippen molar-refractivity contribution in [2.75, 3.05) is 5.32 Å². The molecule has 0 spiro atoms. The Hall–Kier alpha value is -3.93. The average molecular weight is 409 g/mol. The second-order valence-corrected chi connectivity index (χ2v) is 7.65. The fraction of sp³-hybridized carbons (Fsp3) is 0.160. The third-order valence-corrected chi connectivity index (χ3v) is 5.33. The van der Waals surface area contributed by atoms with E-state index in [0.717, 1.165) is 57.8 Å². The number of H-pyrrole nitrogens is 2. The minimum atomic E-state index is -0.0186. The molecule has 0 atom stereocenters. The molecule has 0 saturated heterocycles. The van der Waals surface area contributed by atoms with Crippen LogP contribution in [0.1, 0.15) is 23.6 Å². The van der Waals surface area contributed by atoms with E-state index >= 15 is 0 Å². The number of aromatic amines is 2. The maximum atomic E-state index is 12.4. The Balaban J connectivity index is 1.17. The van der Waals surface area contributed by atoms with Gasteiger partial charge in [-0.15, -0.1) is 0 Å². The summed E-state index contributed by atoms with van der Waals surface area (Å²) >= 11 is 0. The van der Waals surface area contributed by atoms with Crippen molar-refractivity contribution in [3.63, 3.8) is 0 Å². The fourth-order valence-electron chi connectivity index (χ4n) is 3.77. The normalized spacial score (nSPS) is 11.2. The number of carbonyl (C=O) groups is 1. The number of rotatable bonds is 7. The topological polar surface area (TPSA) is 86.5 Å². The first-order chi connectivity index (χ1) is 15.2. The highest BCUT2D eigenvalue weighted by atomic mass is 16.1. The number of anilines is 1. The molecule has 0 saturated carbocycles. The number of nitrogens with zero attached hydrogens (tertiary/aromatic N) is 2. The Morgan fingerprint density at radius 1 is 0.742 bits per heavy atom. The summed E-state index contributed by atoms with van der Waals surface area (Å²) in [7, 11) is 0. The summed E-state index contributed by atoms with van der Waals surface area (Å²) in [5.74, 6) is 1.78. The SMILES string of the molecule is O=C(CCc1nc2ccccc2[nH]1)Nc1cccc(CCc2nc3ccccc3[nH]2)c1. The molecule has 2 heterocycles. The lowest BCUT2D eigenvalue weighted by atomic mass is 10.1. The minimum Gasteiger partial charge on any atom is -0.342 e. The van der Waals surface area contributed by atoms with Gasteiger partial charge in [-0.05, 0) is 48.4 Å². The molecule has 154 valence electrons. The molecule has 0 aliphatic carbocycles. The maximum absolute atomic E-state index is 12.4. The van der Waals surface area contributed by atoms with E-state index in [4.69, 9.17) is 0 Å². The van der Waals surface area contributed by atoms with Gasteiger partial charge in [0.15, 0.2) is 0 Å². The van der Waals surface area contributed by atoms with Gasteiger partial charge in [-0.1, -0.05) is 36.4 Å². The van der Waals surface area contributed by atoms with Crippen molar-refractivity contribution >= 4 is 33.7 Å². The Bertz CT molecular complexity index is 1280. The lowest BCUT2D eigenvalue weighted by Crippen LogP contribution is -2.13. The number of imidazole rings is 2. The van der Waals surface area contributed by atoms with E-state index in [1.807, 2.05) is 66.7 Å². The van der Waals surface area contributed by atoms with Gasteiger partial charge in [0.2, 0.25) is 5.91 Å². The number of fused-ring (bicyclic) bond motifs is 2. The number of benzene rings is 3. The van der Waals surface area contributed by atoms with Gasteiger partial charge in [-0.2, -0.15) is 0 Å². The zero-order chi connectivity index (χ0) is 21.0. The minimum absolute atomic E-state index is 0.0186. The first-order valence-corrected chi connectivity index (χ1v) is 10.5. The third-order valence-electron chi connectivity index (χ3n) is 5.33. The van der Waals surface area contributed by atoms with Gasteiger partial charge in [0.25, 0.3) is 0 Å². The van der Waals surface area contributed by atoms with Gasteiger partial charge in [0.05, 0.1) is 22.1 Å². The first kappa shape index (κ1) is 19.1. The molecule has 0 aliphatic rings.